The molecule has 0 unspecified atom stereocenters. The van der Waals surface area contributed by atoms with Crippen LogP contribution in [0, 0.1) is 0 Å². The third kappa shape index (κ3) is 5.31. The Morgan fingerprint density at radius 2 is 1.69 bits per heavy atom. The van der Waals surface area contributed by atoms with Gasteiger partial charge in [0.05, 0.1) is 0 Å². The Morgan fingerprint density at radius 3 is 2.38 bits per heavy atom. The number of sulfonamides is 1. The number of amides is 1. The number of nitrogens with zero attached hydrogens (tertiary/aromatic N) is 4. The smallest absolute Gasteiger partial charge is 0.227 e. The maximum atomic E-state index is 12.9. The van der Waals surface area contributed by atoms with E-state index in [2.05, 4.69) is 23.1 Å². The number of fused-ring (bicyclic) bond motifs is 1. The molecule has 172 valence electrons. The van der Waals surface area contributed by atoms with Crippen LogP contribution in [0.1, 0.15) is 23.6 Å². The van der Waals surface area contributed by atoms with Gasteiger partial charge in [-0.05, 0) is 35.2 Å². The van der Waals surface area contributed by atoms with E-state index in [1.807, 2.05) is 40.1 Å². The second-order valence-electron chi connectivity index (χ2n) is 8.73. The zero-order valence-corrected chi connectivity index (χ0v) is 19.7. The Morgan fingerprint density at radius 1 is 0.969 bits per heavy atom. The lowest BCUT2D eigenvalue weighted by Crippen LogP contribution is -2.48. The molecular weight excluding hydrogens is 424 g/mol. The predicted octanol–water partition coefficient (Wildman–Crippen LogP) is 2.13. The van der Waals surface area contributed by atoms with Crippen molar-refractivity contribution in [2.24, 2.45) is 0 Å². The molecule has 1 amide bonds. The number of carbonyl (C=O) groups is 1. The number of rotatable bonds is 6. The summed E-state index contributed by atoms with van der Waals surface area (Å²) in [7, 11) is -1.73. The summed E-state index contributed by atoms with van der Waals surface area (Å²) < 4.78 is 27.2. The van der Waals surface area contributed by atoms with E-state index in [-0.39, 0.29) is 11.8 Å². The molecule has 32 heavy (non-hydrogen) atoms. The van der Waals surface area contributed by atoms with E-state index in [1.165, 1.54) is 21.1 Å². The van der Waals surface area contributed by atoms with Crippen molar-refractivity contribution in [3.05, 3.63) is 65.2 Å². The molecule has 2 aliphatic heterocycles. The molecule has 0 atom stereocenters. The predicted molar refractivity (Wildman–Crippen MR) is 127 cm³/mol. The van der Waals surface area contributed by atoms with Gasteiger partial charge < -0.3 is 9.80 Å². The van der Waals surface area contributed by atoms with Gasteiger partial charge in [-0.2, -0.15) is 4.31 Å². The van der Waals surface area contributed by atoms with Crippen LogP contribution in [0.15, 0.2) is 48.5 Å². The fourth-order valence-corrected chi connectivity index (χ4v) is 5.68. The molecule has 1 fully saturated rings. The number of hydrogen-bond acceptors (Lipinski definition) is 5. The number of piperazine rings is 1. The van der Waals surface area contributed by atoms with Crippen LogP contribution in [0.4, 0.5) is 5.69 Å². The Kier molecular flexibility index (Phi) is 6.83. The van der Waals surface area contributed by atoms with Gasteiger partial charge in [0.15, 0.2) is 0 Å². The Bertz CT molecular complexity index is 1050. The van der Waals surface area contributed by atoms with Crippen molar-refractivity contribution in [3.63, 3.8) is 0 Å². The highest BCUT2D eigenvalue weighted by atomic mass is 32.2. The molecule has 0 aromatic heterocycles. The zero-order chi connectivity index (χ0) is 22.7. The van der Waals surface area contributed by atoms with Crippen LogP contribution >= 0.6 is 0 Å². The first kappa shape index (κ1) is 22.8. The van der Waals surface area contributed by atoms with Gasteiger partial charge in [-0.15, -0.1) is 0 Å². The van der Waals surface area contributed by atoms with Gasteiger partial charge in [0.1, 0.15) is 5.88 Å². The summed E-state index contributed by atoms with van der Waals surface area (Å²) in [5.41, 5.74) is 4.67. The first-order valence-corrected chi connectivity index (χ1v) is 12.8. The summed E-state index contributed by atoms with van der Waals surface area (Å²) in [5, 5.41) is 0. The first-order valence-electron chi connectivity index (χ1n) is 11.1. The molecule has 0 N–H and O–H groups in total. The summed E-state index contributed by atoms with van der Waals surface area (Å²) in [6.07, 6.45) is 0.842. The SMILES string of the molecule is CC(=O)N1CCN(c2ccc3c(c2)CCN(CS(=O)(=O)N(C)Cc2ccccc2)C3)CC1. The van der Waals surface area contributed by atoms with Crippen molar-refractivity contribution in [2.45, 2.75) is 26.4 Å². The van der Waals surface area contributed by atoms with Crippen LogP contribution in [-0.4, -0.2) is 74.1 Å². The van der Waals surface area contributed by atoms with Crippen LogP contribution in [0.3, 0.4) is 0 Å². The number of anilines is 1. The minimum atomic E-state index is -3.38. The number of benzene rings is 2. The number of hydrogen-bond donors (Lipinski definition) is 0. The molecule has 0 spiro atoms. The summed E-state index contributed by atoms with van der Waals surface area (Å²) in [4.78, 5) is 17.8. The summed E-state index contributed by atoms with van der Waals surface area (Å²) in [6, 6.07) is 16.2. The molecule has 7 nitrogen and oxygen atoms in total. The van der Waals surface area contributed by atoms with Gasteiger partial charge in [0, 0.05) is 65.5 Å². The molecule has 0 aliphatic carbocycles. The monoisotopic (exact) mass is 456 g/mol. The first-order chi connectivity index (χ1) is 15.3. The van der Waals surface area contributed by atoms with Crippen molar-refractivity contribution in [1.82, 2.24) is 14.1 Å². The maximum Gasteiger partial charge on any atom is 0.227 e. The zero-order valence-electron chi connectivity index (χ0n) is 18.9. The second kappa shape index (κ2) is 9.60. The third-order valence-corrected chi connectivity index (χ3v) is 8.21. The fourth-order valence-electron chi connectivity index (χ4n) is 4.45. The Hall–Kier alpha value is -2.42. The van der Waals surface area contributed by atoms with Crippen LogP contribution in [0.2, 0.25) is 0 Å². The lowest BCUT2D eigenvalue weighted by atomic mass is 9.99. The van der Waals surface area contributed by atoms with Gasteiger partial charge in [-0.25, -0.2) is 8.42 Å². The van der Waals surface area contributed by atoms with Crippen molar-refractivity contribution in [3.8, 4) is 0 Å². The molecule has 2 heterocycles. The largest absolute Gasteiger partial charge is 0.368 e. The highest BCUT2D eigenvalue weighted by molar-refractivity contribution is 7.88. The van der Waals surface area contributed by atoms with E-state index < -0.39 is 10.0 Å². The van der Waals surface area contributed by atoms with Crippen LogP contribution in [0.5, 0.6) is 0 Å². The van der Waals surface area contributed by atoms with E-state index in [4.69, 9.17) is 0 Å². The van der Waals surface area contributed by atoms with Gasteiger partial charge in [0.2, 0.25) is 15.9 Å². The molecule has 8 heteroatoms. The molecule has 0 bridgehead atoms. The van der Waals surface area contributed by atoms with E-state index in [1.54, 1.807) is 14.0 Å². The van der Waals surface area contributed by atoms with Crippen molar-refractivity contribution in [1.29, 1.82) is 0 Å². The average Bonchev–Trinajstić information content (AvgIpc) is 2.79. The molecule has 2 aromatic carbocycles. The van der Waals surface area contributed by atoms with Crippen LogP contribution in [0.25, 0.3) is 0 Å². The van der Waals surface area contributed by atoms with E-state index in [0.717, 1.165) is 44.7 Å². The maximum absolute atomic E-state index is 12.9. The van der Waals surface area contributed by atoms with E-state index in [9.17, 15) is 13.2 Å². The van der Waals surface area contributed by atoms with Gasteiger partial charge in [0.25, 0.3) is 0 Å². The van der Waals surface area contributed by atoms with Gasteiger partial charge in [-0.1, -0.05) is 36.4 Å². The lowest BCUT2D eigenvalue weighted by Gasteiger charge is -2.36. The minimum Gasteiger partial charge on any atom is -0.368 e. The van der Waals surface area contributed by atoms with Crippen molar-refractivity contribution in [2.75, 3.05) is 50.5 Å². The van der Waals surface area contributed by atoms with Crippen molar-refractivity contribution >= 4 is 21.6 Å². The lowest BCUT2D eigenvalue weighted by molar-refractivity contribution is -0.129. The van der Waals surface area contributed by atoms with Crippen LogP contribution in [-0.2, 0) is 34.3 Å². The highest BCUT2D eigenvalue weighted by Crippen LogP contribution is 2.26. The summed E-state index contributed by atoms with van der Waals surface area (Å²) >= 11 is 0. The standard InChI is InChI=1S/C24H32N4O3S/c1-20(29)27-12-14-28(15-13-27)24-9-8-23-18-26(11-10-22(23)16-24)19-32(30,31)25(2)17-21-6-4-3-5-7-21/h3-9,16H,10-15,17-19H2,1-2H3. The molecule has 0 saturated carbocycles. The Labute approximate surface area is 191 Å². The van der Waals surface area contributed by atoms with E-state index in [0.29, 0.717) is 13.1 Å². The molecule has 4 rings (SSSR count). The molecule has 1 saturated heterocycles. The number of carbonyl (C=O) groups excluding carboxylic acids is 1. The van der Waals surface area contributed by atoms with Crippen molar-refractivity contribution < 1.29 is 13.2 Å². The molecule has 2 aromatic rings. The third-order valence-electron chi connectivity index (χ3n) is 6.44. The quantitative estimate of drug-likeness (QED) is 0.666. The van der Waals surface area contributed by atoms with E-state index >= 15 is 0 Å². The van der Waals surface area contributed by atoms with Crippen LogP contribution < -0.4 is 4.90 Å². The molecular formula is C24H32N4O3S. The van der Waals surface area contributed by atoms with Gasteiger partial charge >= 0.3 is 0 Å². The fraction of sp³-hybridized carbons (Fsp3) is 0.458. The summed E-state index contributed by atoms with van der Waals surface area (Å²) in [6.45, 7) is 6.59. The molecule has 0 radical (unpaired) electrons. The minimum absolute atomic E-state index is 0.0323. The highest BCUT2D eigenvalue weighted by Gasteiger charge is 2.26. The second-order valence-corrected chi connectivity index (χ2v) is 10.8. The average molecular weight is 457 g/mol. The molecule has 2 aliphatic rings. The topological polar surface area (TPSA) is 64.2 Å². The Balaban J connectivity index is 1.36. The normalized spacial score (nSPS) is 17.5. The van der Waals surface area contributed by atoms with Gasteiger partial charge in [-0.3, -0.25) is 9.69 Å². The summed E-state index contributed by atoms with van der Waals surface area (Å²) in [5.74, 6) is 0.171.